The largest absolute Gasteiger partial charge is 0.494 e. The summed E-state index contributed by atoms with van der Waals surface area (Å²) in [5.74, 6) is 1.37. The summed E-state index contributed by atoms with van der Waals surface area (Å²) >= 11 is 0. The fourth-order valence-corrected chi connectivity index (χ4v) is 3.64. The number of benzene rings is 3. The minimum atomic E-state index is -0.271. The monoisotopic (exact) mass is 429 g/mol. The molecule has 0 fully saturated rings. The van der Waals surface area contributed by atoms with E-state index in [0.717, 1.165) is 22.0 Å². The van der Waals surface area contributed by atoms with Gasteiger partial charge >= 0.3 is 6.01 Å². The zero-order valence-corrected chi connectivity index (χ0v) is 17.5. The molecule has 32 heavy (non-hydrogen) atoms. The summed E-state index contributed by atoms with van der Waals surface area (Å²) in [6.45, 7) is 0.463. The van der Waals surface area contributed by atoms with Crippen LogP contribution < -0.4 is 14.8 Å². The number of para-hydroxylation sites is 3. The van der Waals surface area contributed by atoms with E-state index < -0.39 is 0 Å². The molecule has 0 spiro atoms. The molecule has 0 atom stereocenters. The lowest BCUT2D eigenvalue weighted by Gasteiger charge is -2.14. The van der Waals surface area contributed by atoms with Gasteiger partial charge in [0.05, 0.1) is 25.3 Å². The van der Waals surface area contributed by atoms with E-state index in [4.69, 9.17) is 19.4 Å². The van der Waals surface area contributed by atoms with Crippen LogP contribution in [0.15, 0.2) is 66.7 Å². The van der Waals surface area contributed by atoms with E-state index in [2.05, 4.69) is 10.3 Å². The topological polar surface area (TPSA) is 74.1 Å². The molecule has 0 unspecified atom stereocenters. The number of nitrogens with zero attached hydrogens (tertiary/aromatic N) is 4. The van der Waals surface area contributed by atoms with Gasteiger partial charge in [0.15, 0.2) is 0 Å². The second kappa shape index (κ2) is 8.14. The summed E-state index contributed by atoms with van der Waals surface area (Å²) in [7, 11) is 3.17. The normalized spacial score (nSPS) is 11.1. The van der Waals surface area contributed by atoms with Crippen LogP contribution >= 0.6 is 0 Å². The molecule has 5 rings (SSSR count). The standard InChI is InChI=1S/C24H20FN5O2/c1-31-20-9-5-6-17-21(20)28-23(29-22(17)26-14-15-10-12-16(25)13-11-15)30-19-8-4-3-7-18(19)27-24(30)32-2/h3-13H,14H2,1-2H3,(H,26,28,29). The lowest BCUT2D eigenvalue weighted by molar-refractivity contribution is 0.374. The van der Waals surface area contributed by atoms with Gasteiger partial charge in [-0.25, -0.2) is 13.9 Å². The molecule has 0 bridgehead atoms. The van der Waals surface area contributed by atoms with Crippen molar-refractivity contribution in [2.24, 2.45) is 0 Å². The van der Waals surface area contributed by atoms with Gasteiger partial charge in [-0.1, -0.05) is 30.3 Å². The second-order valence-electron chi connectivity index (χ2n) is 7.13. The molecule has 8 heteroatoms. The number of hydrogen-bond acceptors (Lipinski definition) is 6. The Balaban J connectivity index is 1.68. The zero-order valence-electron chi connectivity index (χ0n) is 17.5. The average molecular weight is 429 g/mol. The van der Waals surface area contributed by atoms with E-state index in [0.29, 0.717) is 35.6 Å². The Morgan fingerprint density at radius 3 is 2.47 bits per heavy atom. The Morgan fingerprint density at radius 2 is 1.69 bits per heavy atom. The van der Waals surface area contributed by atoms with Crippen molar-refractivity contribution in [3.63, 3.8) is 0 Å². The Hall–Kier alpha value is -4.20. The quantitative estimate of drug-likeness (QED) is 0.420. The number of hydrogen-bond donors (Lipinski definition) is 1. The SMILES string of the molecule is COc1cccc2c(NCc3ccc(F)cc3)nc(-n3c(OC)nc4ccccc43)nc12. The summed E-state index contributed by atoms with van der Waals surface area (Å²) in [5.41, 5.74) is 3.17. The maximum Gasteiger partial charge on any atom is 0.304 e. The highest BCUT2D eigenvalue weighted by Gasteiger charge is 2.18. The third-order valence-electron chi connectivity index (χ3n) is 5.18. The summed E-state index contributed by atoms with van der Waals surface area (Å²) in [4.78, 5) is 14.1. The van der Waals surface area contributed by atoms with Crippen LogP contribution in [0.2, 0.25) is 0 Å². The van der Waals surface area contributed by atoms with Crippen molar-refractivity contribution < 1.29 is 13.9 Å². The van der Waals surface area contributed by atoms with Gasteiger partial charge in [0.2, 0.25) is 5.95 Å². The maximum absolute atomic E-state index is 13.3. The molecule has 0 amide bonds. The lowest BCUT2D eigenvalue weighted by atomic mass is 10.2. The predicted molar refractivity (Wildman–Crippen MR) is 121 cm³/mol. The third kappa shape index (κ3) is 3.45. The molecule has 160 valence electrons. The molecule has 7 nitrogen and oxygen atoms in total. The summed E-state index contributed by atoms with van der Waals surface area (Å²) in [6.07, 6.45) is 0. The van der Waals surface area contributed by atoms with Crippen LogP contribution in [0.5, 0.6) is 11.8 Å². The van der Waals surface area contributed by atoms with Gasteiger partial charge in [0.1, 0.15) is 22.9 Å². The van der Waals surface area contributed by atoms with Crippen molar-refractivity contribution in [1.29, 1.82) is 0 Å². The zero-order chi connectivity index (χ0) is 22.1. The molecule has 0 aliphatic rings. The molecule has 3 aromatic carbocycles. The number of rotatable bonds is 6. The minimum Gasteiger partial charge on any atom is -0.494 e. The van der Waals surface area contributed by atoms with Gasteiger partial charge in [-0.3, -0.25) is 0 Å². The molecule has 0 aliphatic carbocycles. The smallest absolute Gasteiger partial charge is 0.304 e. The van der Waals surface area contributed by atoms with E-state index >= 15 is 0 Å². The Kier molecular flexibility index (Phi) is 5.03. The van der Waals surface area contributed by atoms with Gasteiger partial charge in [-0.2, -0.15) is 9.97 Å². The van der Waals surface area contributed by atoms with Crippen molar-refractivity contribution in [3.05, 3.63) is 78.1 Å². The molecule has 0 saturated carbocycles. The van der Waals surface area contributed by atoms with E-state index in [-0.39, 0.29) is 5.82 Å². The van der Waals surface area contributed by atoms with Gasteiger partial charge in [-0.05, 0) is 42.0 Å². The van der Waals surface area contributed by atoms with Gasteiger partial charge in [0.25, 0.3) is 0 Å². The highest BCUT2D eigenvalue weighted by atomic mass is 19.1. The van der Waals surface area contributed by atoms with Crippen molar-refractivity contribution >= 4 is 27.8 Å². The molecular weight excluding hydrogens is 409 g/mol. The number of ether oxygens (including phenoxy) is 2. The van der Waals surface area contributed by atoms with Crippen LogP contribution in [-0.2, 0) is 6.54 Å². The van der Waals surface area contributed by atoms with Crippen LogP contribution in [0, 0.1) is 5.82 Å². The molecule has 2 aromatic heterocycles. The second-order valence-corrected chi connectivity index (χ2v) is 7.13. The number of methoxy groups -OCH3 is 2. The summed E-state index contributed by atoms with van der Waals surface area (Å²) < 4.78 is 26.1. The number of aromatic nitrogens is 4. The van der Waals surface area contributed by atoms with Crippen LogP contribution in [0.3, 0.4) is 0 Å². The lowest BCUT2D eigenvalue weighted by Crippen LogP contribution is -2.09. The molecular formula is C24H20FN5O2. The van der Waals surface area contributed by atoms with Crippen molar-refractivity contribution in [2.45, 2.75) is 6.54 Å². The van der Waals surface area contributed by atoms with Gasteiger partial charge in [0, 0.05) is 11.9 Å². The first kappa shape index (κ1) is 19.7. The fourth-order valence-electron chi connectivity index (χ4n) is 3.64. The van der Waals surface area contributed by atoms with E-state index in [9.17, 15) is 4.39 Å². The number of nitrogens with one attached hydrogen (secondary N) is 1. The van der Waals surface area contributed by atoms with Gasteiger partial charge < -0.3 is 14.8 Å². The predicted octanol–water partition coefficient (Wildman–Crippen LogP) is 4.74. The molecule has 0 radical (unpaired) electrons. The Labute approximate surface area is 183 Å². The summed E-state index contributed by atoms with van der Waals surface area (Å²) in [5, 5.41) is 4.16. The van der Waals surface area contributed by atoms with Crippen molar-refractivity contribution in [3.8, 4) is 17.7 Å². The molecule has 2 heterocycles. The summed E-state index contributed by atoms with van der Waals surface area (Å²) in [6, 6.07) is 20.1. The number of imidazole rings is 1. The van der Waals surface area contributed by atoms with Crippen molar-refractivity contribution in [2.75, 3.05) is 19.5 Å². The first-order chi connectivity index (χ1) is 15.7. The highest BCUT2D eigenvalue weighted by molar-refractivity contribution is 5.94. The van der Waals surface area contributed by atoms with E-state index in [1.807, 2.05) is 42.5 Å². The third-order valence-corrected chi connectivity index (χ3v) is 5.18. The molecule has 0 aliphatic heterocycles. The first-order valence-electron chi connectivity index (χ1n) is 10.0. The number of fused-ring (bicyclic) bond motifs is 2. The fraction of sp³-hybridized carbons (Fsp3) is 0.125. The van der Waals surface area contributed by atoms with Crippen LogP contribution in [-0.4, -0.2) is 33.7 Å². The minimum absolute atomic E-state index is 0.271. The van der Waals surface area contributed by atoms with Crippen LogP contribution in [0.1, 0.15) is 5.56 Å². The number of anilines is 1. The Bertz CT molecular complexity index is 1420. The maximum atomic E-state index is 13.3. The highest BCUT2D eigenvalue weighted by Crippen LogP contribution is 2.32. The molecule has 0 saturated heterocycles. The first-order valence-corrected chi connectivity index (χ1v) is 10.0. The van der Waals surface area contributed by atoms with Crippen molar-refractivity contribution in [1.82, 2.24) is 19.5 Å². The number of halogens is 1. The Morgan fingerprint density at radius 1 is 0.875 bits per heavy atom. The molecule has 5 aromatic rings. The van der Waals surface area contributed by atoms with E-state index in [1.54, 1.807) is 30.9 Å². The van der Waals surface area contributed by atoms with Crippen LogP contribution in [0.25, 0.3) is 27.9 Å². The van der Waals surface area contributed by atoms with Crippen LogP contribution in [0.4, 0.5) is 10.2 Å². The van der Waals surface area contributed by atoms with E-state index in [1.165, 1.54) is 12.1 Å². The molecule has 1 N–H and O–H groups in total. The van der Waals surface area contributed by atoms with Gasteiger partial charge in [-0.15, -0.1) is 0 Å². The average Bonchev–Trinajstić information content (AvgIpc) is 3.21.